The summed E-state index contributed by atoms with van der Waals surface area (Å²) in [5.41, 5.74) is 0. The molecule has 1 amide bonds. The van der Waals surface area contributed by atoms with Gasteiger partial charge in [0.15, 0.2) is 0 Å². The summed E-state index contributed by atoms with van der Waals surface area (Å²) in [6.45, 7) is 5.66. The first-order valence-corrected chi connectivity index (χ1v) is 11.6. The van der Waals surface area contributed by atoms with Gasteiger partial charge in [0.2, 0.25) is 15.9 Å². The fourth-order valence-corrected chi connectivity index (χ4v) is 5.98. The van der Waals surface area contributed by atoms with E-state index in [9.17, 15) is 13.2 Å². The Morgan fingerprint density at radius 2 is 1.79 bits per heavy atom. The van der Waals surface area contributed by atoms with Gasteiger partial charge in [-0.25, -0.2) is 8.42 Å². The SMILES string of the molecule is CCC1CN(C(=O)CN2CCN(S(=O)(=O)c3c(Cl)cccc3Cl)CC2)CCO1. The van der Waals surface area contributed by atoms with Gasteiger partial charge in [-0.3, -0.25) is 9.69 Å². The molecule has 2 saturated heterocycles. The van der Waals surface area contributed by atoms with Crippen molar-refractivity contribution in [3.63, 3.8) is 0 Å². The summed E-state index contributed by atoms with van der Waals surface area (Å²) in [5.74, 6) is 0.0622. The molecule has 10 heteroatoms. The highest BCUT2D eigenvalue weighted by Crippen LogP contribution is 2.31. The molecule has 7 nitrogen and oxygen atoms in total. The minimum Gasteiger partial charge on any atom is -0.375 e. The van der Waals surface area contributed by atoms with E-state index >= 15 is 0 Å². The van der Waals surface area contributed by atoms with Crippen molar-refractivity contribution in [2.24, 2.45) is 0 Å². The second-order valence-electron chi connectivity index (χ2n) is 6.97. The topological polar surface area (TPSA) is 70.2 Å². The molecule has 0 saturated carbocycles. The molecule has 2 heterocycles. The van der Waals surface area contributed by atoms with Crippen LogP contribution in [0.3, 0.4) is 0 Å². The first kappa shape index (κ1) is 21.8. The lowest BCUT2D eigenvalue weighted by Crippen LogP contribution is -2.53. The maximum Gasteiger partial charge on any atom is 0.246 e. The third-order valence-corrected chi connectivity index (χ3v) is 8.01. The Kier molecular flexibility index (Phi) is 7.22. The van der Waals surface area contributed by atoms with E-state index in [1.165, 1.54) is 16.4 Å². The molecule has 0 N–H and O–H groups in total. The van der Waals surface area contributed by atoms with Crippen molar-refractivity contribution in [3.05, 3.63) is 28.2 Å². The van der Waals surface area contributed by atoms with Crippen LogP contribution >= 0.6 is 23.2 Å². The van der Waals surface area contributed by atoms with Crippen molar-refractivity contribution < 1.29 is 17.9 Å². The highest BCUT2D eigenvalue weighted by atomic mass is 35.5. The summed E-state index contributed by atoms with van der Waals surface area (Å²) >= 11 is 12.2. The zero-order valence-corrected chi connectivity index (χ0v) is 18.1. The number of carbonyl (C=O) groups excluding carboxylic acids is 1. The standard InChI is InChI=1S/C18H25Cl2N3O4S/c1-2-14-12-22(10-11-27-14)17(24)13-21-6-8-23(9-7-21)28(25,26)18-15(19)4-3-5-16(18)20/h3-5,14H,2,6-13H2,1H3. The molecule has 1 atom stereocenters. The third-order valence-electron chi connectivity index (χ3n) is 5.15. The van der Waals surface area contributed by atoms with Gasteiger partial charge in [0, 0.05) is 39.3 Å². The average Bonchev–Trinajstić information content (AvgIpc) is 2.68. The Hall–Kier alpha value is -0.900. The molecule has 0 bridgehead atoms. The molecule has 156 valence electrons. The largest absolute Gasteiger partial charge is 0.375 e. The molecule has 1 aromatic rings. The second-order valence-corrected chi connectivity index (χ2v) is 9.66. The first-order chi connectivity index (χ1) is 13.3. The maximum atomic E-state index is 12.9. The van der Waals surface area contributed by atoms with Crippen LogP contribution < -0.4 is 0 Å². The summed E-state index contributed by atoms with van der Waals surface area (Å²) in [5, 5.41) is 0.228. The number of carbonyl (C=O) groups is 1. The van der Waals surface area contributed by atoms with E-state index in [0.717, 1.165) is 6.42 Å². The number of ether oxygens (including phenoxy) is 1. The number of hydrogen-bond acceptors (Lipinski definition) is 5. The number of morpholine rings is 1. The Morgan fingerprint density at radius 3 is 2.39 bits per heavy atom. The summed E-state index contributed by atoms with van der Waals surface area (Å²) in [6.07, 6.45) is 0.977. The third kappa shape index (κ3) is 4.80. The van der Waals surface area contributed by atoms with Gasteiger partial charge in [0.05, 0.1) is 29.3 Å². The number of hydrogen-bond donors (Lipinski definition) is 0. The lowest BCUT2D eigenvalue weighted by atomic mass is 10.2. The van der Waals surface area contributed by atoms with Gasteiger partial charge in [0.1, 0.15) is 4.90 Å². The van der Waals surface area contributed by atoms with Crippen LogP contribution in [0.4, 0.5) is 0 Å². The van der Waals surface area contributed by atoms with Crippen molar-refractivity contribution in [1.82, 2.24) is 14.1 Å². The second kappa shape index (κ2) is 9.28. The molecule has 0 radical (unpaired) electrons. The lowest BCUT2D eigenvalue weighted by Gasteiger charge is -2.37. The van der Waals surface area contributed by atoms with E-state index in [2.05, 4.69) is 0 Å². The number of benzene rings is 1. The Morgan fingerprint density at radius 1 is 1.14 bits per heavy atom. The van der Waals surface area contributed by atoms with Crippen LogP contribution in [0.2, 0.25) is 10.0 Å². The predicted molar refractivity (Wildman–Crippen MR) is 108 cm³/mol. The molecule has 2 aliphatic heterocycles. The van der Waals surface area contributed by atoms with Crippen LogP contribution in [-0.4, -0.2) is 87.0 Å². The Bertz CT molecular complexity index is 793. The minimum absolute atomic E-state index is 0.0539. The molecule has 0 aliphatic carbocycles. The molecule has 1 aromatic carbocycles. The monoisotopic (exact) mass is 449 g/mol. The Balaban J connectivity index is 1.58. The first-order valence-electron chi connectivity index (χ1n) is 9.38. The van der Waals surface area contributed by atoms with Gasteiger partial charge in [-0.2, -0.15) is 4.31 Å². The normalized spacial score (nSPS) is 22.4. The molecule has 0 aromatic heterocycles. The highest BCUT2D eigenvalue weighted by Gasteiger charge is 2.33. The molecule has 1 unspecified atom stereocenters. The summed E-state index contributed by atoms with van der Waals surface area (Å²) in [6, 6.07) is 4.64. The summed E-state index contributed by atoms with van der Waals surface area (Å²) < 4.78 is 32.8. The maximum absolute atomic E-state index is 12.9. The van der Waals surface area contributed by atoms with E-state index in [1.54, 1.807) is 6.07 Å². The molecule has 2 fully saturated rings. The lowest BCUT2D eigenvalue weighted by molar-refractivity contribution is -0.140. The van der Waals surface area contributed by atoms with Crippen molar-refractivity contribution in [1.29, 1.82) is 0 Å². The number of amides is 1. The van der Waals surface area contributed by atoms with E-state index in [4.69, 9.17) is 27.9 Å². The van der Waals surface area contributed by atoms with E-state index in [1.807, 2.05) is 16.7 Å². The average molecular weight is 450 g/mol. The summed E-state index contributed by atoms with van der Waals surface area (Å²) in [4.78, 5) is 16.3. The van der Waals surface area contributed by atoms with Crippen molar-refractivity contribution in [2.45, 2.75) is 24.3 Å². The zero-order valence-electron chi connectivity index (χ0n) is 15.8. The molecule has 2 aliphatic rings. The van der Waals surface area contributed by atoms with Crippen LogP contribution in [0.25, 0.3) is 0 Å². The summed E-state index contributed by atoms with van der Waals surface area (Å²) in [7, 11) is -3.78. The fraction of sp³-hybridized carbons (Fsp3) is 0.611. The van der Waals surface area contributed by atoms with Crippen molar-refractivity contribution in [2.75, 3.05) is 52.4 Å². The van der Waals surface area contributed by atoms with Crippen LogP contribution in [0, 0.1) is 0 Å². The number of piperazine rings is 1. The van der Waals surface area contributed by atoms with Gasteiger partial charge in [-0.15, -0.1) is 0 Å². The number of rotatable bonds is 5. The van der Waals surface area contributed by atoms with Gasteiger partial charge in [-0.05, 0) is 18.6 Å². The molecule has 0 spiro atoms. The number of nitrogens with zero attached hydrogens (tertiary/aromatic N) is 3. The van der Waals surface area contributed by atoms with Gasteiger partial charge in [0.25, 0.3) is 0 Å². The quantitative estimate of drug-likeness (QED) is 0.686. The van der Waals surface area contributed by atoms with E-state index in [0.29, 0.717) is 32.8 Å². The van der Waals surface area contributed by atoms with Crippen molar-refractivity contribution >= 4 is 39.1 Å². The van der Waals surface area contributed by atoms with Crippen molar-refractivity contribution in [3.8, 4) is 0 Å². The van der Waals surface area contributed by atoms with Gasteiger partial charge < -0.3 is 9.64 Å². The smallest absolute Gasteiger partial charge is 0.246 e. The predicted octanol–water partition coefficient (Wildman–Crippen LogP) is 1.94. The number of halogens is 2. The highest BCUT2D eigenvalue weighted by molar-refractivity contribution is 7.89. The van der Waals surface area contributed by atoms with Crippen LogP contribution in [0.15, 0.2) is 23.1 Å². The number of sulfonamides is 1. The van der Waals surface area contributed by atoms with Crippen LogP contribution in [0.5, 0.6) is 0 Å². The van der Waals surface area contributed by atoms with E-state index in [-0.39, 0.29) is 46.6 Å². The zero-order chi connectivity index (χ0) is 20.3. The molecular formula is C18H25Cl2N3O4S. The van der Waals surface area contributed by atoms with Crippen LogP contribution in [-0.2, 0) is 19.6 Å². The van der Waals surface area contributed by atoms with Gasteiger partial charge in [-0.1, -0.05) is 36.2 Å². The molecule has 3 rings (SSSR count). The van der Waals surface area contributed by atoms with Gasteiger partial charge >= 0.3 is 0 Å². The molecular weight excluding hydrogens is 425 g/mol. The van der Waals surface area contributed by atoms with Crippen LogP contribution in [0.1, 0.15) is 13.3 Å². The fourth-order valence-electron chi connectivity index (χ4n) is 3.47. The minimum atomic E-state index is -3.78. The van der Waals surface area contributed by atoms with E-state index < -0.39 is 10.0 Å². The molecule has 28 heavy (non-hydrogen) atoms. The Labute approximate surface area is 176 Å².